The monoisotopic (exact) mass is 471 g/mol. The van der Waals surface area contributed by atoms with E-state index in [-0.39, 0.29) is 0 Å². The summed E-state index contributed by atoms with van der Waals surface area (Å²) >= 11 is 6.11. The Labute approximate surface area is 202 Å². The van der Waals surface area contributed by atoms with Gasteiger partial charge in [-0.3, -0.25) is 20.8 Å². The van der Waals surface area contributed by atoms with Crippen molar-refractivity contribution in [2.45, 2.75) is 13.8 Å². The molecule has 10 heteroatoms. The fourth-order valence-electron chi connectivity index (χ4n) is 2.91. The van der Waals surface area contributed by atoms with Crippen LogP contribution in [0.2, 0.25) is 5.02 Å². The van der Waals surface area contributed by atoms with Gasteiger partial charge in [-0.1, -0.05) is 17.7 Å². The highest BCUT2D eigenvalue weighted by Gasteiger charge is 2.07. The number of pyridine rings is 2. The quantitative estimate of drug-likeness (QED) is 0.235. The summed E-state index contributed by atoms with van der Waals surface area (Å²) in [4.78, 5) is 17.1. The molecule has 170 valence electrons. The van der Waals surface area contributed by atoms with E-state index in [4.69, 9.17) is 11.6 Å². The van der Waals surface area contributed by atoms with Crippen molar-refractivity contribution in [1.29, 1.82) is 0 Å². The van der Waals surface area contributed by atoms with E-state index in [1.54, 1.807) is 43.0 Å². The number of nitrogens with one attached hydrogen (secondary N) is 3. The van der Waals surface area contributed by atoms with Crippen LogP contribution in [0.4, 0.5) is 23.3 Å². The molecule has 0 unspecified atom stereocenters. The molecular weight excluding hydrogens is 450 g/mol. The van der Waals surface area contributed by atoms with Crippen molar-refractivity contribution in [3.05, 3.63) is 95.5 Å². The van der Waals surface area contributed by atoms with Crippen LogP contribution in [0, 0.1) is 0 Å². The lowest BCUT2D eigenvalue weighted by Crippen LogP contribution is -2.06. The maximum atomic E-state index is 6.11. The van der Waals surface area contributed by atoms with Crippen LogP contribution in [-0.2, 0) is 0 Å². The standard InChI is InChI=1S/C24H22ClN9/c1-16(18-6-10-26-11-7-18)31-33-22-15-23(34-32-17(2)19-8-12-27-13-9-19)30-24(29-22)28-21-5-3-4-20(25)14-21/h3-15H,1-2H3,(H3,28,29,30,33,34). The number of anilines is 4. The van der Waals surface area contributed by atoms with Gasteiger partial charge in [-0.2, -0.15) is 20.2 Å². The van der Waals surface area contributed by atoms with E-state index in [9.17, 15) is 0 Å². The molecule has 0 spiro atoms. The fourth-order valence-corrected chi connectivity index (χ4v) is 3.10. The van der Waals surface area contributed by atoms with Gasteiger partial charge < -0.3 is 5.32 Å². The molecule has 4 aromatic rings. The summed E-state index contributed by atoms with van der Waals surface area (Å²) in [6.45, 7) is 3.80. The molecular formula is C24H22ClN9. The van der Waals surface area contributed by atoms with Crippen LogP contribution in [0.3, 0.4) is 0 Å². The Kier molecular flexibility index (Phi) is 7.36. The summed E-state index contributed by atoms with van der Waals surface area (Å²) in [7, 11) is 0. The highest BCUT2D eigenvalue weighted by molar-refractivity contribution is 6.30. The second-order valence-electron chi connectivity index (χ2n) is 7.19. The van der Waals surface area contributed by atoms with E-state index < -0.39 is 0 Å². The van der Waals surface area contributed by atoms with Crippen molar-refractivity contribution in [2.24, 2.45) is 10.2 Å². The number of benzene rings is 1. The predicted molar refractivity (Wildman–Crippen MR) is 137 cm³/mol. The Morgan fingerprint density at radius 3 is 1.76 bits per heavy atom. The Balaban J connectivity index is 1.60. The molecule has 0 amide bonds. The van der Waals surface area contributed by atoms with Crippen molar-refractivity contribution in [3.8, 4) is 0 Å². The molecule has 0 aliphatic heterocycles. The van der Waals surface area contributed by atoms with Crippen molar-refractivity contribution in [1.82, 2.24) is 19.9 Å². The molecule has 4 rings (SSSR count). The van der Waals surface area contributed by atoms with Gasteiger partial charge in [0.05, 0.1) is 11.4 Å². The summed E-state index contributed by atoms with van der Waals surface area (Å²) in [6.07, 6.45) is 6.88. The van der Waals surface area contributed by atoms with E-state index >= 15 is 0 Å². The van der Waals surface area contributed by atoms with Gasteiger partial charge in [0, 0.05) is 52.7 Å². The first-order valence-electron chi connectivity index (χ1n) is 10.4. The zero-order valence-corrected chi connectivity index (χ0v) is 19.3. The topological polar surface area (TPSA) is 112 Å². The van der Waals surface area contributed by atoms with E-state index in [1.165, 1.54) is 0 Å². The highest BCUT2D eigenvalue weighted by Crippen LogP contribution is 2.21. The second-order valence-corrected chi connectivity index (χ2v) is 7.62. The van der Waals surface area contributed by atoms with Crippen LogP contribution < -0.4 is 16.2 Å². The molecule has 1 aromatic carbocycles. The van der Waals surface area contributed by atoms with Crippen LogP contribution in [0.1, 0.15) is 25.0 Å². The third-order valence-corrected chi connectivity index (χ3v) is 4.91. The molecule has 0 saturated heterocycles. The van der Waals surface area contributed by atoms with Gasteiger partial charge in [-0.15, -0.1) is 0 Å². The highest BCUT2D eigenvalue weighted by atomic mass is 35.5. The SMILES string of the molecule is CC(=NNc1cc(NN=C(C)c2ccncc2)nc(Nc2cccc(Cl)c2)n1)c1ccncc1. The first kappa shape index (κ1) is 22.8. The number of rotatable bonds is 8. The number of hydrogen-bond donors (Lipinski definition) is 3. The van der Waals surface area contributed by atoms with Crippen molar-refractivity contribution in [2.75, 3.05) is 16.2 Å². The van der Waals surface area contributed by atoms with Gasteiger partial charge in [0.15, 0.2) is 11.6 Å². The van der Waals surface area contributed by atoms with E-state index in [1.807, 2.05) is 50.2 Å². The van der Waals surface area contributed by atoms with Gasteiger partial charge in [-0.05, 0) is 56.3 Å². The average Bonchev–Trinajstić information content (AvgIpc) is 2.87. The van der Waals surface area contributed by atoms with Gasteiger partial charge in [0.1, 0.15) is 0 Å². The lowest BCUT2D eigenvalue weighted by molar-refractivity contribution is 1.12. The molecule has 0 fully saturated rings. The zero-order valence-electron chi connectivity index (χ0n) is 18.6. The number of hydrogen-bond acceptors (Lipinski definition) is 9. The van der Waals surface area contributed by atoms with Crippen LogP contribution >= 0.6 is 11.6 Å². The Bertz CT molecular complexity index is 1230. The largest absolute Gasteiger partial charge is 0.324 e. The molecule has 0 aliphatic rings. The lowest BCUT2D eigenvalue weighted by atomic mass is 10.2. The smallest absolute Gasteiger partial charge is 0.231 e. The maximum Gasteiger partial charge on any atom is 0.231 e. The summed E-state index contributed by atoms with van der Waals surface area (Å²) in [5.74, 6) is 1.31. The number of halogens is 1. The normalized spacial score (nSPS) is 11.7. The first-order valence-corrected chi connectivity index (χ1v) is 10.8. The van der Waals surface area contributed by atoms with E-state index in [2.05, 4.69) is 46.3 Å². The molecule has 0 saturated carbocycles. The minimum Gasteiger partial charge on any atom is -0.324 e. The second kappa shape index (κ2) is 11.0. The lowest BCUT2D eigenvalue weighted by Gasteiger charge is -2.10. The average molecular weight is 472 g/mol. The first-order chi connectivity index (χ1) is 16.6. The molecule has 34 heavy (non-hydrogen) atoms. The fraction of sp³-hybridized carbons (Fsp3) is 0.0833. The zero-order chi connectivity index (χ0) is 23.8. The molecule has 3 heterocycles. The molecule has 9 nitrogen and oxygen atoms in total. The Hall–Kier alpha value is -4.37. The predicted octanol–water partition coefficient (Wildman–Crippen LogP) is 5.34. The third kappa shape index (κ3) is 6.33. The van der Waals surface area contributed by atoms with Crippen molar-refractivity contribution in [3.63, 3.8) is 0 Å². The molecule has 0 bridgehead atoms. The van der Waals surface area contributed by atoms with Gasteiger partial charge in [0.25, 0.3) is 0 Å². The number of nitrogens with zero attached hydrogens (tertiary/aromatic N) is 6. The molecule has 3 aromatic heterocycles. The van der Waals surface area contributed by atoms with Crippen molar-refractivity contribution >= 4 is 46.3 Å². The van der Waals surface area contributed by atoms with Crippen LogP contribution in [0.5, 0.6) is 0 Å². The number of aromatic nitrogens is 4. The summed E-state index contributed by atoms with van der Waals surface area (Å²) in [5.41, 5.74) is 10.2. The third-order valence-electron chi connectivity index (χ3n) is 4.68. The number of hydrazone groups is 2. The minimum absolute atomic E-state index is 0.350. The molecule has 3 N–H and O–H groups in total. The van der Waals surface area contributed by atoms with Crippen LogP contribution in [-0.4, -0.2) is 31.4 Å². The summed E-state index contributed by atoms with van der Waals surface area (Å²) in [5, 5.41) is 12.6. The summed E-state index contributed by atoms with van der Waals surface area (Å²) in [6, 6.07) is 16.6. The molecule has 0 atom stereocenters. The van der Waals surface area contributed by atoms with Gasteiger partial charge in [0.2, 0.25) is 5.95 Å². The van der Waals surface area contributed by atoms with Gasteiger partial charge in [-0.25, -0.2) is 0 Å². The maximum absolute atomic E-state index is 6.11. The Morgan fingerprint density at radius 1 is 0.735 bits per heavy atom. The van der Waals surface area contributed by atoms with Crippen LogP contribution in [0.15, 0.2) is 89.6 Å². The van der Waals surface area contributed by atoms with Crippen LogP contribution in [0.25, 0.3) is 0 Å². The van der Waals surface area contributed by atoms with Gasteiger partial charge >= 0.3 is 0 Å². The van der Waals surface area contributed by atoms with E-state index in [0.717, 1.165) is 28.2 Å². The van der Waals surface area contributed by atoms with Crippen molar-refractivity contribution < 1.29 is 0 Å². The van der Waals surface area contributed by atoms with E-state index in [0.29, 0.717) is 22.6 Å². The minimum atomic E-state index is 0.350. The summed E-state index contributed by atoms with van der Waals surface area (Å²) < 4.78 is 0. The Morgan fingerprint density at radius 2 is 1.26 bits per heavy atom. The molecule has 0 aliphatic carbocycles. The molecule has 0 radical (unpaired) electrons.